The zero-order valence-electron chi connectivity index (χ0n) is 7.30. The van der Waals surface area contributed by atoms with Gasteiger partial charge in [-0.3, -0.25) is 0 Å². The van der Waals surface area contributed by atoms with Gasteiger partial charge in [-0.2, -0.15) is 8.42 Å². The minimum absolute atomic E-state index is 0. The molecule has 58 valence electrons. The van der Waals surface area contributed by atoms with Crippen LogP contribution >= 0.6 is 0 Å². The van der Waals surface area contributed by atoms with Crippen LogP contribution in [-0.2, 0) is 14.5 Å². The molecule has 0 saturated carbocycles. The number of hydrogen-bond acceptors (Lipinski definition) is 3. The Morgan fingerprint density at radius 3 is 2.10 bits per heavy atom. The van der Waals surface area contributed by atoms with Crippen molar-refractivity contribution >= 4 is 10.1 Å². The molecule has 0 bridgehead atoms. The summed E-state index contributed by atoms with van der Waals surface area (Å²) in [6, 6.07) is 0. The molecule has 0 aromatic carbocycles. The summed E-state index contributed by atoms with van der Waals surface area (Å²) in [7, 11) is -3.89. The largest absolute Gasteiger partial charge is 1.00 e. The number of halogens is 1. The summed E-state index contributed by atoms with van der Waals surface area (Å²) >= 11 is 0. The Labute approximate surface area is 83.7 Å². The molecule has 0 amide bonds. The first-order valence-corrected chi connectivity index (χ1v) is 4.08. The Hall–Kier alpha value is 0.840. The van der Waals surface area contributed by atoms with Crippen LogP contribution in [0.3, 0.4) is 0 Å². The molecule has 0 aromatic heterocycles. The van der Waals surface area contributed by atoms with Gasteiger partial charge in [-0.15, -0.1) is 0 Å². The summed E-state index contributed by atoms with van der Waals surface area (Å²) in [6.07, 6.45) is 0. The van der Waals surface area contributed by atoms with E-state index in [2.05, 4.69) is 4.39 Å². The zero-order valence-corrected chi connectivity index (χ0v) is 9.11. The van der Waals surface area contributed by atoms with Crippen LogP contribution in [0.1, 0.15) is 15.3 Å². The Balaban J connectivity index is -0.000000320. The van der Waals surface area contributed by atoms with Crippen molar-refractivity contribution in [2.45, 2.75) is 13.8 Å². The smallest absolute Gasteiger partial charge is 1.00 e. The first-order valence-electron chi connectivity index (χ1n) is 2.51. The van der Waals surface area contributed by atoms with Crippen molar-refractivity contribution in [3.05, 3.63) is 0 Å². The van der Waals surface area contributed by atoms with Crippen LogP contribution in [0.25, 0.3) is 0 Å². The van der Waals surface area contributed by atoms with E-state index in [0.29, 0.717) is 0 Å². The molecule has 0 radical (unpaired) electrons. The van der Waals surface area contributed by atoms with Crippen LogP contribution in [0.15, 0.2) is 0 Å². The minimum atomic E-state index is -3.89. The second-order valence-electron chi connectivity index (χ2n) is 2.18. The maximum Gasteiger partial charge on any atom is 1.00 e. The first kappa shape index (κ1) is 13.4. The topological polar surface area (TPSA) is 43.4 Å². The fourth-order valence-corrected chi connectivity index (χ4v) is 1.30. The number of rotatable bonds is 3. The van der Waals surface area contributed by atoms with Crippen molar-refractivity contribution in [1.82, 2.24) is 0 Å². The minimum Gasteiger partial charge on any atom is -1.00 e. The second-order valence-corrected chi connectivity index (χ2v) is 3.76. The van der Waals surface area contributed by atoms with Crippen molar-refractivity contribution in [3.63, 3.8) is 0 Å². The molecule has 0 aliphatic rings. The van der Waals surface area contributed by atoms with Gasteiger partial charge in [0.1, 0.15) is 0 Å². The van der Waals surface area contributed by atoms with Crippen LogP contribution in [0.4, 0.5) is 4.53 Å². The van der Waals surface area contributed by atoms with Crippen LogP contribution in [-0.4, -0.2) is 14.2 Å². The van der Waals surface area contributed by atoms with Crippen molar-refractivity contribution in [2.75, 3.05) is 5.75 Å². The molecule has 3 nitrogen and oxygen atoms in total. The van der Waals surface area contributed by atoms with Crippen molar-refractivity contribution in [1.29, 1.82) is 0 Å². The molecule has 10 heavy (non-hydrogen) atoms. The third-order valence-electron chi connectivity index (χ3n) is 0.633. The van der Waals surface area contributed by atoms with E-state index in [-0.39, 0.29) is 42.7 Å². The molecule has 0 saturated heterocycles. The van der Waals surface area contributed by atoms with Crippen molar-refractivity contribution in [3.8, 4) is 0 Å². The standard InChI is InChI=1S/C4H9FO3S.Na.H/c1-4(2)3-9(6,7)8-5;;/h4H,3H2,1-2H3;;/q;+1;-1. The maximum absolute atomic E-state index is 11.0. The molecule has 6 heteroatoms. The molecule has 0 rings (SSSR count). The third-order valence-corrected chi connectivity index (χ3v) is 1.90. The fraction of sp³-hybridized carbons (Fsp3) is 1.00. The fourth-order valence-electron chi connectivity index (χ4n) is 0.434. The van der Waals surface area contributed by atoms with Gasteiger partial charge < -0.3 is 1.43 Å². The molecule has 0 heterocycles. The summed E-state index contributed by atoms with van der Waals surface area (Å²) in [5, 5.41) is 0. The van der Waals surface area contributed by atoms with Crippen LogP contribution in [0.5, 0.6) is 0 Å². The Kier molecular flexibility index (Phi) is 7.37. The molecule has 0 N–H and O–H groups in total. The summed E-state index contributed by atoms with van der Waals surface area (Å²) in [4.78, 5) is 0. The Bertz CT molecular complexity index is 170. The summed E-state index contributed by atoms with van der Waals surface area (Å²) in [6.45, 7) is 3.33. The molecule has 0 aromatic rings. The summed E-state index contributed by atoms with van der Waals surface area (Å²) in [5.41, 5.74) is 0. The zero-order chi connectivity index (χ0) is 7.49. The van der Waals surface area contributed by atoms with Gasteiger partial charge in [0.25, 0.3) is 10.1 Å². The van der Waals surface area contributed by atoms with Crippen LogP contribution in [0.2, 0.25) is 0 Å². The van der Waals surface area contributed by atoms with Crippen molar-refractivity contribution in [2.24, 2.45) is 5.92 Å². The average Bonchev–Trinajstić information content (AvgIpc) is 1.63. The van der Waals surface area contributed by atoms with E-state index < -0.39 is 10.1 Å². The molecule has 0 fully saturated rings. The predicted octanol–water partition coefficient (Wildman–Crippen LogP) is -2.01. The van der Waals surface area contributed by atoms with Crippen LogP contribution in [0, 0.1) is 5.92 Å². The second kappa shape index (κ2) is 5.49. The predicted molar refractivity (Wildman–Crippen MR) is 31.9 cm³/mol. The quantitative estimate of drug-likeness (QED) is 0.471. The van der Waals surface area contributed by atoms with Gasteiger partial charge in [0.15, 0.2) is 0 Å². The van der Waals surface area contributed by atoms with Gasteiger partial charge in [-0.1, -0.05) is 18.2 Å². The van der Waals surface area contributed by atoms with Gasteiger partial charge in [0.2, 0.25) is 0 Å². The van der Waals surface area contributed by atoms with Gasteiger partial charge >= 0.3 is 29.6 Å². The van der Waals surface area contributed by atoms with Gasteiger partial charge in [-0.05, 0) is 10.4 Å². The monoisotopic (exact) mass is 180 g/mol. The van der Waals surface area contributed by atoms with E-state index >= 15 is 0 Å². The van der Waals surface area contributed by atoms with E-state index in [1.807, 2.05) is 0 Å². The van der Waals surface area contributed by atoms with Gasteiger partial charge in [-0.25, -0.2) is 0 Å². The molecular formula is C4H10FNaO3S. The van der Waals surface area contributed by atoms with Gasteiger partial charge in [0, 0.05) is 0 Å². The van der Waals surface area contributed by atoms with Gasteiger partial charge in [0.05, 0.1) is 5.75 Å². The maximum atomic E-state index is 11.0. The van der Waals surface area contributed by atoms with E-state index in [9.17, 15) is 12.9 Å². The van der Waals surface area contributed by atoms with E-state index in [4.69, 9.17) is 0 Å². The molecule has 0 aliphatic carbocycles. The number of hydrogen-bond donors (Lipinski definition) is 0. The molecule has 0 unspecified atom stereocenters. The molecular weight excluding hydrogens is 170 g/mol. The Morgan fingerprint density at radius 1 is 1.60 bits per heavy atom. The third kappa shape index (κ3) is 6.95. The van der Waals surface area contributed by atoms with E-state index in [0.717, 1.165) is 0 Å². The molecule has 0 atom stereocenters. The summed E-state index contributed by atoms with van der Waals surface area (Å²) in [5.74, 6) is -0.380. The Morgan fingerprint density at radius 2 is 2.00 bits per heavy atom. The first-order chi connectivity index (χ1) is 3.98. The summed E-state index contributed by atoms with van der Waals surface area (Å²) < 4.78 is 34.2. The molecule has 0 aliphatic heterocycles. The van der Waals surface area contributed by atoms with E-state index in [1.165, 1.54) is 0 Å². The molecule has 0 spiro atoms. The van der Waals surface area contributed by atoms with Crippen LogP contribution < -0.4 is 29.6 Å². The SMILES string of the molecule is CC(C)CS(=O)(=O)OF.[H-].[Na+]. The van der Waals surface area contributed by atoms with E-state index in [1.54, 1.807) is 13.8 Å². The normalized spacial score (nSPS) is 11.2. The average molecular weight is 180 g/mol. The van der Waals surface area contributed by atoms with Crippen molar-refractivity contribution < 1.29 is 48.3 Å².